The first-order valence-electron chi connectivity index (χ1n) is 15.9. The molecule has 6 rings (SSSR count). The van der Waals surface area contributed by atoms with Crippen molar-refractivity contribution in [1.82, 2.24) is 10.2 Å². The molecule has 4 aromatic rings. The monoisotopic (exact) mass is 670 g/mol. The van der Waals surface area contributed by atoms with Crippen LogP contribution in [0.2, 0.25) is 0 Å². The molecule has 2 fully saturated rings. The average Bonchev–Trinajstić information content (AvgIpc) is 3.46. The van der Waals surface area contributed by atoms with E-state index >= 15 is 0 Å². The number of aromatic nitrogens is 2. The maximum Gasteiger partial charge on any atom is 0.450 e. The Bertz CT molecular complexity index is 1780. The van der Waals surface area contributed by atoms with E-state index in [1.165, 1.54) is 24.3 Å². The number of nitrogens with one attached hydrogen (secondary N) is 2. The van der Waals surface area contributed by atoms with Crippen molar-refractivity contribution in [2.24, 2.45) is 11.8 Å². The van der Waals surface area contributed by atoms with Crippen LogP contribution in [0, 0.1) is 23.5 Å². The van der Waals surface area contributed by atoms with Gasteiger partial charge in [0.05, 0.1) is 11.4 Å². The number of alkyl halides is 3. The first-order valence-corrected chi connectivity index (χ1v) is 15.9. The highest BCUT2D eigenvalue weighted by atomic mass is 19.4. The van der Waals surface area contributed by atoms with Gasteiger partial charge in [-0.15, -0.1) is 0 Å². The molecule has 0 spiro atoms. The number of nitrogens with zero attached hydrogens (tertiary/aromatic N) is 2. The highest BCUT2D eigenvalue weighted by Gasteiger charge is 2.48. The van der Waals surface area contributed by atoms with Gasteiger partial charge in [-0.25, -0.2) is 8.78 Å². The second kappa shape index (κ2) is 14.0. The summed E-state index contributed by atoms with van der Waals surface area (Å²) >= 11 is 0. The number of amides is 1. The van der Waals surface area contributed by atoms with Gasteiger partial charge in [0.2, 0.25) is 5.78 Å². The molecular formula is C35H35F5N4O4. The minimum absolute atomic E-state index is 0.0165. The predicted octanol–water partition coefficient (Wildman–Crippen LogP) is 6.53. The third-order valence-corrected chi connectivity index (χ3v) is 9.34. The second-order valence-corrected chi connectivity index (χ2v) is 12.5. The minimum Gasteiger partial charge on any atom is -0.396 e. The van der Waals surface area contributed by atoms with E-state index in [0.717, 1.165) is 6.07 Å². The average molecular weight is 671 g/mol. The fourth-order valence-corrected chi connectivity index (χ4v) is 6.81. The Morgan fingerprint density at radius 1 is 0.958 bits per heavy atom. The fourth-order valence-electron chi connectivity index (χ4n) is 6.81. The van der Waals surface area contributed by atoms with Crippen molar-refractivity contribution in [3.05, 3.63) is 88.5 Å². The molecule has 2 aliphatic heterocycles. The van der Waals surface area contributed by atoms with Gasteiger partial charge in [-0.3, -0.25) is 14.7 Å². The standard InChI is InChI=1S/C35H35F5N4O4/c36-24-14-22(15-25(37)17-24)13-21-1-4-30-29(16-21)33(43-42-30)41-34(47)27-3-2-26(44-9-5-20(19-45)6-10-44)18-28(27)31(32(46)35(38,39)40)23-7-11-48-12-8-23/h1-4,14-18,20,23,31,45H,5-13,19H2,(H2,41,42,43,47). The third-order valence-electron chi connectivity index (χ3n) is 9.34. The van der Waals surface area contributed by atoms with Crippen molar-refractivity contribution in [3.63, 3.8) is 0 Å². The van der Waals surface area contributed by atoms with Crippen LogP contribution >= 0.6 is 0 Å². The lowest BCUT2D eigenvalue weighted by Crippen LogP contribution is -2.37. The number of halogens is 5. The van der Waals surface area contributed by atoms with Crippen molar-refractivity contribution >= 4 is 34.1 Å². The van der Waals surface area contributed by atoms with Gasteiger partial charge in [0.1, 0.15) is 11.6 Å². The van der Waals surface area contributed by atoms with Gasteiger partial charge in [-0.2, -0.15) is 18.3 Å². The number of piperidine rings is 1. The normalized spacial score (nSPS) is 17.1. The van der Waals surface area contributed by atoms with Gasteiger partial charge in [0.25, 0.3) is 5.91 Å². The molecule has 1 aromatic heterocycles. The number of aliphatic hydroxyl groups excluding tert-OH is 1. The van der Waals surface area contributed by atoms with Crippen LogP contribution in [0.5, 0.6) is 0 Å². The molecule has 1 unspecified atom stereocenters. The summed E-state index contributed by atoms with van der Waals surface area (Å²) in [4.78, 5) is 29.1. The number of carbonyl (C=O) groups excluding carboxylic acids is 2. The first-order chi connectivity index (χ1) is 23.0. The van der Waals surface area contributed by atoms with Crippen molar-refractivity contribution < 1.29 is 41.4 Å². The van der Waals surface area contributed by atoms with Crippen LogP contribution in [0.1, 0.15) is 58.6 Å². The Morgan fingerprint density at radius 3 is 2.33 bits per heavy atom. The van der Waals surface area contributed by atoms with Crippen molar-refractivity contribution in [2.45, 2.75) is 44.2 Å². The molecule has 48 heavy (non-hydrogen) atoms. The van der Waals surface area contributed by atoms with Crippen molar-refractivity contribution in [1.29, 1.82) is 0 Å². The lowest BCUT2D eigenvalue weighted by Gasteiger charge is -2.35. The van der Waals surface area contributed by atoms with Crippen LogP contribution in [0.25, 0.3) is 10.9 Å². The molecule has 1 amide bonds. The smallest absolute Gasteiger partial charge is 0.396 e. The van der Waals surface area contributed by atoms with E-state index in [1.807, 2.05) is 4.90 Å². The van der Waals surface area contributed by atoms with E-state index < -0.39 is 41.3 Å². The van der Waals surface area contributed by atoms with Crippen molar-refractivity contribution in [3.8, 4) is 0 Å². The second-order valence-electron chi connectivity index (χ2n) is 12.5. The van der Waals surface area contributed by atoms with Crippen LogP contribution in [-0.4, -0.2) is 66.1 Å². The Kier molecular flexibility index (Phi) is 9.79. The molecule has 8 nitrogen and oxygen atoms in total. The molecule has 3 N–H and O–H groups in total. The molecule has 3 aromatic carbocycles. The zero-order chi connectivity index (χ0) is 34.0. The summed E-state index contributed by atoms with van der Waals surface area (Å²) in [6, 6.07) is 13.0. The quantitative estimate of drug-likeness (QED) is 0.175. The number of aromatic amines is 1. The number of ether oxygens (including phenoxy) is 1. The molecular weight excluding hydrogens is 635 g/mol. The Morgan fingerprint density at radius 2 is 1.67 bits per heavy atom. The number of aliphatic hydroxyl groups is 1. The van der Waals surface area contributed by atoms with E-state index in [9.17, 15) is 36.6 Å². The highest BCUT2D eigenvalue weighted by Crippen LogP contribution is 2.41. The number of anilines is 2. The number of hydrogen-bond acceptors (Lipinski definition) is 6. The van der Waals surface area contributed by atoms with Gasteiger partial charge in [0, 0.05) is 55.6 Å². The van der Waals surface area contributed by atoms with Gasteiger partial charge in [0.15, 0.2) is 5.82 Å². The van der Waals surface area contributed by atoms with Gasteiger partial charge >= 0.3 is 6.18 Å². The largest absolute Gasteiger partial charge is 0.450 e. The Balaban J connectivity index is 1.36. The maximum absolute atomic E-state index is 14.2. The number of rotatable bonds is 9. The van der Waals surface area contributed by atoms with Gasteiger partial charge < -0.3 is 20.1 Å². The van der Waals surface area contributed by atoms with Crippen LogP contribution in [0.4, 0.5) is 33.5 Å². The number of carbonyl (C=O) groups is 2. The number of H-pyrrole nitrogens is 1. The zero-order valence-corrected chi connectivity index (χ0v) is 26.0. The summed E-state index contributed by atoms with van der Waals surface area (Å²) in [5.41, 5.74) is 2.12. The SMILES string of the molecule is O=C(Nc1n[nH]c2ccc(Cc3cc(F)cc(F)c3)cc12)c1ccc(N2CCC(CO)CC2)cc1C(C(=O)C(F)(F)F)C1CCOCC1. The molecule has 0 aliphatic carbocycles. The van der Waals surface area contributed by atoms with Gasteiger partial charge in [-0.1, -0.05) is 6.07 Å². The van der Waals surface area contributed by atoms with Crippen LogP contribution in [-0.2, 0) is 16.0 Å². The molecule has 13 heteroatoms. The first kappa shape index (κ1) is 33.5. The van der Waals surface area contributed by atoms with E-state index in [0.29, 0.717) is 53.6 Å². The molecule has 0 radical (unpaired) electrons. The number of fused-ring (bicyclic) bond motifs is 1. The maximum atomic E-state index is 14.2. The van der Waals surface area contributed by atoms with Crippen molar-refractivity contribution in [2.75, 3.05) is 43.1 Å². The summed E-state index contributed by atoms with van der Waals surface area (Å²) in [5.74, 6) is -6.16. The van der Waals surface area contributed by atoms with E-state index in [4.69, 9.17) is 4.74 Å². The fraction of sp³-hybridized carbons (Fsp3) is 0.400. The molecule has 0 bridgehead atoms. The number of hydrogen-bond donors (Lipinski definition) is 3. The van der Waals surface area contributed by atoms with E-state index in [2.05, 4.69) is 15.5 Å². The molecule has 1 atom stereocenters. The summed E-state index contributed by atoms with van der Waals surface area (Å²) in [6.45, 7) is 1.58. The van der Waals surface area contributed by atoms with Crippen LogP contribution in [0.15, 0.2) is 54.6 Å². The Hall–Kier alpha value is -4.36. The molecule has 2 aliphatic rings. The lowest BCUT2D eigenvalue weighted by atomic mass is 9.76. The zero-order valence-electron chi connectivity index (χ0n) is 26.0. The predicted molar refractivity (Wildman–Crippen MR) is 169 cm³/mol. The van der Waals surface area contributed by atoms with Crippen LogP contribution in [0.3, 0.4) is 0 Å². The minimum atomic E-state index is -5.13. The van der Waals surface area contributed by atoms with E-state index in [-0.39, 0.29) is 61.9 Å². The van der Waals surface area contributed by atoms with Crippen LogP contribution < -0.4 is 10.2 Å². The topological polar surface area (TPSA) is 108 Å². The number of ketones is 1. The molecule has 0 saturated carbocycles. The Labute approximate surface area is 273 Å². The molecule has 2 saturated heterocycles. The summed E-state index contributed by atoms with van der Waals surface area (Å²) < 4.78 is 75.4. The summed E-state index contributed by atoms with van der Waals surface area (Å²) in [5, 5.41) is 19.8. The lowest BCUT2D eigenvalue weighted by molar-refractivity contribution is -0.174. The highest BCUT2D eigenvalue weighted by molar-refractivity contribution is 6.10. The number of Topliss-reactive ketones (excluding diaryl/α,β-unsaturated/α-hetero) is 1. The number of benzene rings is 3. The molecule has 254 valence electrons. The summed E-state index contributed by atoms with van der Waals surface area (Å²) in [7, 11) is 0. The van der Waals surface area contributed by atoms with E-state index in [1.54, 1.807) is 24.3 Å². The van der Waals surface area contributed by atoms with Gasteiger partial charge in [-0.05, 0) is 103 Å². The third kappa shape index (κ3) is 7.36. The molecule has 3 heterocycles. The summed E-state index contributed by atoms with van der Waals surface area (Å²) in [6.07, 6.45) is -3.10.